The van der Waals surface area contributed by atoms with Crippen molar-refractivity contribution in [2.45, 2.75) is 13.5 Å². The average molecular weight is 325 g/mol. The van der Waals surface area contributed by atoms with Crippen LogP contribution in [-0.4, -0.2) is 24.4 Å². The Labute approximate surface area is 129 Å². The highest BCUT2D eigenvalue weighted by atomic mass is 35.5. The van der Waals surface area contributed by atoms with Crippen molar-refractivity contribution in [2.24, 2.45) is 0 Å². The van der Waals surface area contributed by atoms with E-state index in [2.05, 4.69) is 10.1 Å². The summed E-state index contributed by atoms with van der Waals surface area (Å²) in [4.78, 5) is 16.7. The molecule has 0 radical (unpaired) electrons. The maximum Gasteiger partial charge on any atom is 0.268 e. The Kier molecular flexibility index (Phi) is 3.35. The number of hydrogen-bond donors (Lipinski definition) is 1. The molecule has 1 aromatic carbocycles. The molecular formula is C13H10Cl2N4O2. The lowest BCUT2D eigenvalue weighted by Crippen LogP contribution is -2.22. The molecule has 0 fully saturated rings. The van der Waals surface area contributed by atoms with Gasteiger partial charge in [0.15, 0.2) is 5.75 Å². The van der Waals surface area contributed by atoms with Crippen molar-refractivity contribution in [3.63, 3.8) is 0 Å². The van der Waals surface area contributed by atoms with Gasteiger partial charge < -0.3 is 5.11 Å². The molecule has 0 aliphatic carbocycles. The first-order chi connectivity index (χ1) is 10.0. The number of benzene rings is 1. The van der Waals surface area contributed by atoms with Gasteiger partial charge in [-0.15, -0.1) is 0 Å². The van der Waals surface area contributed by atoms with Crippen molar-refractivity contribution >= 4 is 34.1 Å². The third-order valence-corrected chi connectivity index (χ3v) is 3.74. The number of aromatic hydroxyl groups is 1. The van der Waals surface area contributed by atoms with E-state index in [9.17, 15) is 9.90 Å². The number of rotatable bonds is 2. The zero-order valence-corrected chi connectivity index (χ0v) is 12.4. The summed E-state index contributed by atoms with van der Waals surface area (Å²) in [6.07, 6.45) is 2.91. The molecule has 0 saturated heterocycles. The molecule has 3 rings (SSSR count). The number of phenols is 1. The summed E-state index contributed by atoms with van der Waals surface area (Å²) in [5.74, 6) is 0.312. The molecule has 8 heteroatoms. The fourth-order valence-electron chi connectivity index (χ4n) is 2.15. The summed E-state index contributed by atoms with van der Waals surface area (Å²) in [7, 11) is 0. The van der Waals surface area contributed by atoms with E-state index in [1.54, 1.807) is 16.9 Å². The molecule has 0 bridgehead atoms. The third kappa shape index (κ3) is 2.07. The summed E-state index contributed by atoms with van der Waals surface area (Å²) < 4.78 is 2.98. The van der Waals surface area contributed by atoms with Crippen LogP contribution in [0.2, 0.25) is 10.0 Å². The van der Waals surface area contributed by atoms with Crippen molar-refractivity contribution in [3.8, 4) is 11.6 Å². The van der Waals surface area contributed by atoms with Gasteiger partial charge in [0.2, 0.25) is 0 Å². The summed E-state index contributed by atoms with van der Waals surface area (Å²) in [6, 6.07) is 3.02. The Balaban J connectivity index is 2.39. The molecule has 0 aliphatic heterocycles. The lowest BCUT2D eigenvalue weighted by Gasteiger charge is -2.10. The number of phenolic OH excluding ortho intramolecular Hbond substituents is 1. The number of hydrogen-bond acceptors (Lipinski definition) is 4. The molecule has 2 aromatic heterocycles. The van der Waals surface area contributed by atoms with E-state index in [1.165, 1.54) is 17.0 Å². The maximum atomic E-state index is 12.6. The van der Waals surface area contributed by atoms with Crippen LogP contribution >= 0.6 is 23.2 Å². The van der Waals surface area contributed by atoms with Crippen LogP contribution in [0.1, 0.15) is 6.92 Å². The van der Waals surface area contributed by atoms with Crippen molar-refractivity contribution in [2.75, 3.05) is 0 Å². The van der Waals surface area contributed by atoms with E-state index < -0.39 is 5.56 Å². The van der Waals surface area contributed by atoms with Crippen molar-refractivity contribution < 1.29 is 5.11 Å². The van der Waals surface area contributed by atoms with Gasteiger partial charge in [-0.05, 0) is 13.0 Å². The highest BCUT2D eigenvalue weighted by Gasteiger charge is 2.16. The minimum atomic E-state index is -0.396. The lowest BCUT2D eigenvalue weighted by atomic mass is 10.2. The molecule has 0 aliphatic rings. The molecule has 0 unspecified atom stereocenters. The number of aryl methyl sites for hydroxylation is 1. The molecule has 2 heterocycles. The van der Waals surface area contributed by atoms with Gasteiger partial charge in [0.05, 0.1) is 21.6 Å². The zero-order valence-electron chi connectivity index (χ0n) is 10.9. The van der Waals surface area contributed by atoms with Crippen molar-refractivity contribution in [1.29, 1.82) is 0 Å². The minimum absolute atomic E-state index is 0.0516. The highest BCUT2D eigenvalue weighted by Crippen LogP contribution is 2.34. The fourth-order valence-corrected chi connectivity index (χ4v) is 2.68. The van der Waals surface area contributed by atoms with Crippen LogP contribution in [0.4, 0.5) is 0 Å². The first-order valence-corrected chi connectivity index (χ1v) is 6.90. The third-order valence-electron chi connectivity index (χ3n) is 3.16. The molecule has 0 spiro atoms. The number of halogens is 2. The Morgan fingerprint density at radius 1 is 1.33 bits per heavy atom. The predicted molar refractivity (Wildman–Crippen MR) is 80.5 cm³/mol. The van der Waals surface area contributed by atoms with Gasteiger partial charge in [0.25, 0.3) is 5.56 Å². The van der Waals surface area contributed by atoms with Crippen LogP contribution in [0.25, 0.3) is 16.7 Å². The predicted octanol–water partition coefficient (Wildman–Crippen LogP) is 2.61. The molecule has 1 N–H and O–H groups in total. The number of nitrogens with zero attached hydrogens (tertiary/aromatic N) is 4. The number of aromatic nitrogens is 4. The minimum Gasteiger partial charge on any atom is -0.504 e. The van der Waals surface area contributed by atoms with Gasteiger partial charge in [-0.25, -0.2) is 9.67 Å². The normalized spacial score (nSPS) is 11.2. The maximum absolute atomic E-state index is 12.6. The molecular weight excluding hydrogens is 315 g/mol. The second kappa shape index (κ2) is 5.05. The monoisotopic (exact) mass is 324 g/mol. The second-order valence-electron chi connectivity index (χ2n) is 4.34. The van der Waals surface area contributed by atoms with E-state index in [-0.39, 0.29) is 26.7 Å². The standard InChI is InChI=1S/C13H10Cl2N4O2/c1-2-19-9(3-4-17-19)18-6-16-11-10(13(18)21)7(14)5-8(15)12(11)20/h3-6,20H,2H2,1H3. The molecule has 3 aromatic rings. The lowest BCUT2D eigenvalue weighted by molar-refractivity contribution is 0.480. The van der Waals surface area contributed by atoms with Gasteiger partial charge in [-0.1, -0.05) is 23.2 Å². The van der Waals surface area contributed by atoms with Crippen LogP contribution < -0.4 is 5.56 Å². The topological polar surface area (TPSA) is 72.9 Å². The summed E-state index contributed by atoms with van der Waals surface area (Å²) >= 11 is 11.9. The summed E-state index contributed by atoms with van der Waals surface area (Å²) in [5.41, 5.74) is -0.316. The first kappa shape index (κ1) is 13.9. The van der Waals surface area contributed by atoms with Crippen molar-refractivity contribution in [3.05, 3.63) is 45.1 Å². The van der Waals surface area contributed by atoms with Crippen LogP contribution in [0.15, 0.2) is 29.5 Å². The van der Waals surface area contributed by atoms with Gasteiger partial charge in [0.1, 0.15) is 17.7 Å². The molecule has 0 amide bonds. The Morgan fingerprint density at radius 2 is 2.10 bits per heavy atom. The van der Waals surface area contributed by atoms with Crippen LogP contribution in [0.5, 0.6) is 5.75 Å². The van der Waals surface area contributed by atoms with Crippen LogP contribution in [-0.2, 0) is 6.54 Å². The van der Waals surface area contributed by atoms with Crippen LogP contribution in [0, 0.1) is 0 Å². The van der Waals surface area contributed by atoms with E-state index in [0.29, 0.717) is 12.4 Å². The Hall–Kier alpha value is -2.05. The first-order valence-electron chi connectivity index (χ1n) is 6.15. The highest BCUT2D eigenvalue weighted by molar-refractivity contribution is 6.39. The summed E-state index contributed by atoms with van der Waals surface area (Å²) in [5, 5.41) is 14.3. The van der Waals surface area contributed by atoms with E-state index >= 15 is 0 Å². The smallest absolute Gasteiger partial charge is 0.268 e. The second-order valence-corrected chi connectivity index (χ2v) is 5.15. The van der Waals surface area contributed by atoms with E-state index in [0.717, 1.165) is 0 Å². The Bertz CT molecular complexity index is 901. The van der Waals surface area contributed by atoms with Gasteiger partial charge in [-0.2, -0.15) is 5.10 Å². The SMILES string of the molecule is CCn1nccc1-n1cnc2c(O)c(Cl)cc(Cl)c2c1=O. The molecule has 6 nitrogen and oxygen atoms in total. The quantitative estimate of drug-likeness (QED) is 0.786. The number of fused-ring (bicyclic) bond motifs is 1. The molecule has 21 heavy (non-hydrogen) atoms. The Morgan fingerprint density at radius 3 is 2.81 bits per heavy atom. The van der Waals surface area contributed by atoms with Crippen LogP contribution in [0.3, 0.4) is 0 Å². The summed E-state index contributed by atoms with van der Waals surface area (Å²) in [6.45, 7) is 2.51. The van der Waals surface area contributed by atoms with Gasteiger partial charge in [-0.3, -0.25) is 9.36 Å². The average Bonchev–Trinajstić information content (AvgIpc) is 2.92. The van der Waals surface area contributed by atoms with Gasteiger partial charge >= 0.3 is 0 Å². The molecule has 0 atom stereocenters. The van der Waals surface area contributed by atoms with Crippen molar-refractivity contribution in [1.82, 2.24) is 19.3 Å². The molecule has 108 valence electrons. The van der Waals surface area contributed by atoms with E-state index in [1.807, 2.05) is 6.92 Å². The largest absolute Gasteiger partial charge is 0.504 e. The fraction of sp³-hybridized carbons (Fsp3) is 0.154. The van der Waals surface area contributed by atoms with Gasteiger partial charge in [0, 0.05) is 12.6 Å². The van der Waals surface area contributed by atoms with E-state index in [4.69, 9.17) is 23.2 Å². The zero-order chi connectivity index (χ0) is 15.1. The molecule has 0 saturated carbocycles.